The molecule has 19 heavy (non-hydrogen) atoms. The fraction of sp³-hybridized carbons (Fsp3) is 0.231. The normalized spacial score (nSPS) is 16.4. The molecule has 0 atom stereocenters. The monoisotopic (exact) mass is 299 g/mol. The van der Waals surface area contributed by atoms with Gasteiger partial charge in [0.25, 0.3) is 0 Å². The first-order valence-electron chi connectivity index (χ1n) is 5.65. The van der Waals surface area contributed by atoms with Crippen LogP contribution in [-0.2, 0) is 5.67 Å². The van der Waals surface area contributed by atoms with Crippen molar-refractivity contribution in [1.29, 1.82) is 0 Å². The molecule has 0 aliphatic heterocycles. The first kappa shape index (κ1) is 12.6. The molecule has 1 aromatic carbocycles. The highest BCUT2D eigenvalue weighted by Crippen LogP contribution is 2.52. The van der Waals surface area contributed by atoms with Crippen LogP contribution < -0.4 is 0 Å². The standard InChI is InChI=1S/C13H8Cl2FNO2/c14-8-2-1-3-9(15)10(8)11-7(6-18)12(19-17-11)13(16)4-5-13/h1-3,6H,4-5H2. The molecule has 3 nitrogen and oxygen atoms in total. The Bertz CT molecular complexity index is 644. The van der Waals surface area contributed by atoms with Crippen LogP contribution in [0.2, 0.25) is 10.0 Å². The van der Waals surface area contributed by atoms with Gasteiger partial charge < -0.3 is 4.52 Å². The number of halogens is 3. The summed E-state index contributed by atoms with van der Waals surface area (Å²) in [5.41, 5.74) is -0.929. The summed E-state index contributed by atoms with van der Waals surface area (Å²) in [6.45, 7) is 0. The predicted molar refractivity (Wildman–Crippen MR) is 69.4 cm³/mol. The SMILES string of the molecule is O=Cc1c(-c2c(Cl)cccc2Cl)noc1C1(F)CC1. The summed E-state index contributed by atoms with van der Waals surface area (Å²) in [5.74, 6) is -0.0338. The Balaban J connectivity index is 2.21. The van der Waals surface area contributed by atoms with E-state index in [2.05, 4.69) is 5.16 Å². The van der Waals surface area contributed by atoms with E-state index in [-0.39, 0.29) is 17.0 Å². The topological polar surface area (TPSA) is 43.1 Å². The number of carbonyl (C=O) groups is 1. The van der Waals surface area contributed by atoms with Gasteiger partial charge in [0.15, 0.2) is 17.7 Å². The molecule has 1 saturated carbocycles. The zero-order valence-corrected chi connectivity index (χ0v) is 11.1. The van der Waals surface area contributed by atoms with E-state index in [1.807, 2.05) is 0 Å². The lowest BCUT2D eigenvalue weighted by Crippen LogP contribution is -2.00. The molecule has 0 amide bonds. The lowest BCUT2D eigenvalue weighted by Gasteiger charge is -2.04. The Kier molecular flexibility index (Phi) is 2.87. The third-order valence-corrected chi connectivity index (χ3v) is 3.77. The Hall–Kier alpha value is -1.39. The Morgan fingerprint density at radius 1 is 1.32 bits per heavy atom. The molecule has 3 rings (SSSR count). The van der Waals surface area contributed by atoms with E-state index in [0.717, 1.165) is 0 Å². The van der Waals surface area contributed by atoms with Crippen molar-refractivity contribution in [2.45, 2.75) is 18.5 Å². The molecule has 2 aromatic rings. The average molecular weight is 300 g/mol. The van der Waals surface area contributed by atoms with E-state index in [1.165, 1.54) is 0 Å². The summed E-state index contributed by atoms with van der Waals surface area (Å²) in [7, 11) is 0. The number of hydrogen-bond acceptors (Lipinski definition) is 3. The number of aldehydes is 1. The number of nitrogens with zero attached hydrogens (tertiary/aromatic N) is 1. The van der Waals surface area contributed by atoms with E-state index < -0.39 is 5.67 Å². The number of alkyl halides is 1. The summed E-state index contributed by atoms with van der Waals surface area (Å²) in [6.07, 6.45) is 1.19. The van der Waals surface area contributed by atoms with Gasteiger partial charge in [-0.1, -0.05) is 34.4 Å². The quantitative estimate of drug-likeness (QED) is 0.788. The van der Waals surface area contributed by atoms with Crippen molar-refractivity contribution in [2.24, 2.45) is 0 Å². The summed E-state index contributed by atoms with van der Waals surface area (Å²) in [4.78, 5) is 11.2. The number of hydrogen-bond donors (Lipinski definition) is 0. The molecule has 1 fully saturated rings. The van der Waals surface area contributed by atoms with Crippen LogP contribution in [0.1, 0.15) is 29.0 Å². The molecule has 98 valence electrons. The first-order chi connectivity index (χ1) is 9.07. The predicted octanol–water partition coefficient (Wildman–Crippen LogP) is 4.42. The Labute approximate surface area is 118 Å². The van der Waals surface area contributed by atoms with Crippen molar-refractivity contribution in [3.8, 4) is 11.3 Å². The van der Waals surface area contributed by atoms with Gasteiger partial charge >= 0.3 is 0 Å². The summed E-state index contributed by atoms with van der Waals surface area (Å²) in [6, 6.07) is 4.91. The summed E-state index contributed by atoms with van der Waals surface area (Å²) in [5, 5.41) is 4.44. The van der Waals surface area contributed by atoms with Gasteiger partial charge in [-0.3, -0.25) is 4.79 Å². The average Bonchev–Trinajstić information content (AvgIpc) is 2.98. The van der Waals surface area contributed by atoms with Gasteiger partial charge in [-0.2, -0.15) is 0 Å². The van der Waals surface area contributed by atoms with Gasteiger partial charge in [0.05, 0.1) is 15.6 Å². The third kappa shape index (κ3) is 1.95. The van der Waals surface area contributed by atoms with E-state index in [4.69, 9.17) is 27.7 Å². The van der Waals surface area contributed by atoms with Crippen molar-refractivity contribution in [2.75, 3.05) is 0 Å². The molecular formula is C13H8Cl2FNO2. The first-order valence-corrected chi connectivity index (χ1v) is 6.41. The summed E-state index contributed by atoms with van der Waals surface area (Å²) < 4.78 is 19.1. The van der Waals surface area contributed by atoms with Crippen LogP contribution in [0.15, 0.2) is 22.7 Å². The largest absolute Gasteiger partial charge is 0.357 e. The minimum Gasteiger partial charge on any atom is -0.357 e. The molecule has 0 spiro atoms. The molecule has 1 heterocycles. The molecule has 0 bridgehead atoms. The highest BCUT2D eigenvalue weighted by molar-refractivity contribution is 6.39. The molecule has 1 aromatic heterocycles. The van der Waals surface area contributed by atoms with Crippen LogP contribution in [0.3, 0.4) is 0 Å². The third-order valence-electron chi connectivity index (χ3n) is 3.14. The van der Waals surface area contributed by atoms with Crippen molar-refractivity contribution in [3.63, 3.8) is 0 Å². The number of aromatic nitrogens is 1. The number of benzene rings is 1. The van der Waals surface area contributed by atoms with Gasteiger partial charge in [-0.15, -0.1) is 0 Å². The minimum absolute atomic E-state index is 0.0338. The molecule has 0 N–H and O–H groups in total. The van der Waals surface area contributed by atoms with Crippen molar-refractivity contribution < 1.29 is 13.7 Å². The van der Waals surface area contributed by atoms with Crippen molar-refractivity contribution in [3.05, 3.63) is 39.6 Å². The van der Waals surface area contributed by atoms with Crippen LogP contribution in [0.25, 0.3) is 11.3 Å². The van der Waals surface area contributed by atoms with E-state index in [0.29, 0.717) is 34.7 Å². The van der Waals surface area contributed by atoms with Gasteiger partial charge in [0, 0.05) is 5.56 Å². The molecule has 6 heteroatoms. The lowest BCUT2D eigenvalue weighted by molar-refractivity contribution is 0.111. The van der Waals surface area contributed by atoms with E-state index in [9.17, 15) is 9.18 Å². The summed E-state index contributed by atoms with van der Waals surface area (Å²) >= 11 is 12.1. The number of rotatable bonds is 3. The van der Waals surface area contributed by atoms with Crippen molar-refractivity contribution >= 4 is 29.5 Å². The fourth-order valence-corrected chi connectivity index (χ4v) is 2.55. The minimum atomic E-state index is -1.57. The van der Waals surface area contributed by atoms with Crippen LogP contribution in [0.4, 0.5) is 4.39 Å². The molecular weight excluding hydrogens is 292 g/mol. The smallest absolute Gasteiger partial charge is 0.185 e. The van der Waals surface area contributed by atoms with Crippen LogP contribution in [0, 0.1) is 0 Å². The van der Waals surface area contributed by atoms with Crippen LogP contribution in [0.5, 0.6) is 0 Å². The second-order valence-electron chi connectivity index (χ2n) is 4.45. The van der Waals surface area contributed by atoms with Gasteiger partial charge in [-0.05, 0) is 25.0 Å². The maximum Gasteiger partial charge on any atom is 0.185 e. The van der Waals surface area contributed by atoms with Crippen LogP contribution >= 0.6 is 23.2 Å². The maximum atomic E-state index is 14.1. The molecule has 1 aliphatic carbocycles. The Morgan fingerprint density at radius 2 is 1.95 bits per heavy atom. The maximum absolute atomic E-state index is 14.1. The van der Waals surface area contributed by atoms with Crippen molar-refractivity contribution in [1.82, 2.24) is 5.16 Å². The highest BCUT2D eigenvalue weighted by Gasteiger charge is 2.51. The zero-order valence-electron chi connectivity index (χ0n) is 9.62. The highest BCUT2D eigenvalue weighted by atomic mass is 35.5. The second-order valence-corrected chi connectivity index (χ2v) is 5.27. The van der Waals surface area contributed by atoms with Gasteiger partial charge in [0.2, 0.25) is 0 Å². The van der Waals surface area contributed by atoms with E-state index in [1.54, 1.807) is 18.2 Å². The lowest BCUT2D eigenvalue weighted by atomic mass is 10.0. The van der Waals surface area contributed by atoms with Gasteiger partial charge in [0.1, 0.15) is 5.69 Å². The zero-order chi connectivity index (χ0) is 13.6. The molecule has 1 aliphatic rings. The second kappa shape index (κ2) is 4.32. The van der Waals surface area contributed by atoms with Gasteiger partial charge in [-0.25, -0.2) is 4.39 Å². The Morgan fingerprint density at radius 3 is 2.47 bits per heavy atom. The fourth-order valence-electron chi connectivity index (χ4n) is 1.97. The number of carbonyl (C=O) groups excluding carboxylic acids is 1. The molecule has 0 radical (unpaired) electrons. The van der Waals surface area contributed by atoms with Crippen LogP contribution in [-0.4, -0.2) is 11.4 Å². The molecule has 0 unspecified atom stereocenters. The van der Waals surface area contributed by atoms with E-state index >= 15 is 0 Å². The molecule has 0 saturated heterocycles.